The molecule has 1 fully saturated rings. The molecule has 112 valence electrons. The van der Waals surface area contributed by atoms with Gasteiger partial charge in [-0.2, -0.15) is 0 Å². The summed E-state index contributed by atoms with van der Waals surface area (Å²) in [5.41, 5.74) is 0.552. The lowest BCUT2D eigenvalue weighted by Crippen LogP contribution is -2.51. The van der Waals surface area contributed by atoms with Gasteiger partial charge in [0.25, 0.3) is 5.91 Å². The van der Waals surface area contributed by atoms with Crippen molar-refractivity contribution in [2.75, 3.05) is 33.9 Å². The maximum absolute atomic E-state index is 12.6. The Morgan fingerprint density at radius 1 is 1.35 bits per heavy atom. The van der Waals surface area contributed by atoms with Crippen LogP contribution < -0.4 is 14.8 Å². The SMILES string of the molecule is COc1ccc(OC)c(C(=O)N2CCNC(C)C2)c1.Cl. The van der Waals surface area contributed by atoms with E-state index in [1.165, 1.54) is 0 Å². The fraction of sp³-hybridized carbons (Fsp3) is 0.500. The Morgan fingerprint density at radius 2 is 2.10 bits per heavy atom. The Morgan fingerprint density at radius 3 is 2.70 bits per heavy atom. The van der Waals surface area contributed by atoms with Crippen LogP contribution in [-0.4, -0.2) is 50.7 Å². The zero-order chi connectivity index (χ0) is 13.8. The molecule has 2 rings (SSSR count). The van der Waals surface area contributed by atoms with Crippen molar-refractivity contribution in [3.8, 4) is 11.5 Å². The van der Waals surface area contributed by atoms with E-state index in [1.54, 1.807) is 32.4 Å². The third kappa shape index (κ3) is 3.55. The zero-order valence-electron chi connectivity index (χ0n) is 12.0. The maximum Gasteiger partial charge on any atom is 0.257 e. The molecule has 1 aliphatic rings. The predicted molar refractivity (Wildman–Crippen MR) is 80.2 cm³/mol. The van der Waals surface area contributed by atoms with E-state index in [4.69, 9.17) is 9.47 Å². The highest BCUT2D eigenvalue weighted by Gasteiger charge is 2.24. The van der Waals surface area contributed by atoms with E-state index in [0.717, 1.165) is 6.54 Å². The first-order valence-corrected chi connectivity index (χ1v) is 6.40. The van der Waals surface area contributed by atoms with Crippen LogP contribution in [0.3, 0.4) is 0 Å². The molecule has 20 heavy (non-hydrogen) atoms. The van der Waals surface area contributed by atoms with Crippen molar-refractivity contribution < 1.29 is 14.3 Å². The van der Waals surface area contributed by atoms with Crippen molar-refractivity contribution in [1.82, 2.24) is 10.2 Å². The lowest BCUT2D eigenvalue weighted by Gasteiger charge is -2.32. The molecule has 1 saturated heterocycles. The number of ether oxygens (including phenoxy) is 2. The van der Waals surface area contributed by atoms with E-state index in [2.05, 4.69) is 12.2 Å². The van der Waals surface area contributed by atoms with E-state index in [1.807, 2.05) is 4.90 Å². The van der Waals surface area contributed by atoms with E-state index < -0.39 is 0 Å². The number of carbonyl (C=O) groups excluding carboxylic acids is 1. The molecule has 0 aromatic heterocycles. The predicted octanol–water partition coefficient (Wildman–Crippen LogP) is 1.56. The molecule has 6 heteroatoms. The zero-order valence-corrected chi connectivity index (χ0v) is 12.8. The maximum atomic E-state index is 12.6. The van der Waals surface area contributed by atoms with Gasteiger partial charge in [0, 0.05) is 25.7 Å². The molecule has 1 N–H and O–H groups in total. The minimum absolute atomic E-state index is 0. The summed E-state index contributed by atoms with van der Waals surface area (Å²) in [5, 5.41) is 3.32. The van der Waals surface area contributed by atoms with Gasteiger partial charge in [-0.05, 0) is 25.1 Å². The monoisotopic (exact) mass is 300 g/mol. The van der Waals surface area contributed by atoms with Gasteiger partial charge in [-0.1, -0.05) is 0 Å². The largest absolute Gasteiger partial charge is 0.497 e. The quantitative estimate of drug-likeness (QED) is 0.920. The second kappa shape index (κ2) is 7.36. The van der Waals surface area contributed by atoms with Crippen LogP contribution in [0.5, 0.6) is 11.5 Å². The molecule has 0 saturated carbocycles. The molecule has 0 spiro atoms. The van der Waals surface area contributed by atoms with Gasteiger partial charge in [0.1, 0.15) is 11.5 Å². The van der Waals surface area contributed by atoms with Crippen LogP contribution in [0.1, 0.15) is 17.3 Å². The summed E-state index contributed by atoms with van der Waals surface area (Å²) >= 11 is 0. The van der Waals surface area contributed by atoms with Gasteiger partial charge in [0.2, 0.25) is 0 Å². The van der Waals surface area contributed by atoms with E-state index in [-0.39, 0.29) is 18.3 Å². The smallest absolute Gasteiger partial charge is 0.257 e. The number of carbonyl (C=O) groups is 1. The molecule has 0 radical (unpaired) electrons. The molecule has 1 unspecified atom stereocenters. The van der Waals surface area contributed by atoms with Crippen molar-refractivity contribution in [2.45, 2.75) is 13.0 Å². The number of hydrogen-bond acceptors (Lipinski definition) is 4. The number of nitrogens with one attached hydrogen (secondary N) is 1. The van der Waals surface area contributed by atoms with Gasteiger partial charge in [-0.15, -0.1) is 12.4 Å². The summed E-state index contributed by atoms with van der Waals surface area (Å²) in [6, 6.07) is 5.59. The lowest BCUT2D eigenvalue weighted by molar-refractivity contribution is 0.0705. The first-order chi connectivity index (χ1) is 9.15. The topological polar surface area (TPSA) is 50.8 Å². The Kier molecular flexibility index (Phi) is 6.10. The van der Waals surface area contributed by atoms with Crippen LogP contribution in [0.2, 0.25) is 0 Å². The van der Waals surface area contributed by atoms with Crippen LogP contribution >= 0.6 is 12.4 Å². The Labute approximate surface area is 125 Å². The molecular weight excluding hydrogens is 280 g/mol. The van der Waals surface area contributed by atoms with Gasteiger partial charge in [0.05, 0.1) is 19.8 Å². The molecule has 1 aliphatic heterocycles. The molecule has 0 bridgehead atoms. The number of methoxy groups -OCH3 is 2. The standard InChI is InChI=1S/C14H20N2O3.ClH/c1-10-9-16(7-6-15-10)14(17)12-8-11(18-2)4-5-13(12)19-3;/h4-5,8,10,15H,6-7,9H2,1-3H3;1H. The summed E-state index contributed by atoms with van der Waals surface area (Å²) in [6.45, 7) is 4.31. The summed E-state index contributed by atoms with van der Waals surface area (Å²) in [5.74, 6) is 1.23. The van der Waals surface area contributed by atoms with Crippen molar-refractivity contribution in [3.05, 3.63) is 23.8 Å². The summed E-state index contributed by atoms with van der Waals surface area (Å²) in [6.07, 6.45) is 0. The summed E-state index contributed by atoms with van der Waals surface area (Å²) in [4.78, 5) is 14.4. The summed E-state index contributed by atoms with van der Waals surface area (Å²) < 4.78 is 10.4. The van der Waals surface area contributed by atoms with Crippen LogP contribution in [-0.2, 0) is 0 Å². The second-order valence-corrected chi connectivity index (χ2v) is 4.67. The average Bonchev–Trinajstić information content (AvgIpc) is 2.45. The average molecular weight is 301 g/mol. The molecule has 1 heterocycles. The molecular formula is C14H21ClN2O3. The Hall–Kier alpha value is -1.46. The molecule has 5 nitrogen and oxygen atoms in total. The molecule has 0 aliphatic carbocycles. The number of hydrogen-bond donors (Lipinski definition) is 1. The van der Waals surface area contributed by atoms with E-state index in [0.29, 0.717) is 36.2 Å². The second-order valence-electron chi connectivity index (χ2n) is 4.67. The lowest BCUT2D eigenvalue weighted by atomic mass is 10.1. The van der Waals surface area contributed by atoms with E-state index >= 15 is 0 Å². The van der Waals surface area contributed by atoms with Crippen LogP contribution in [0, 0.1) is 0 Å². The highest BCUT2D eigenvalue weighted by atomic mass is 35.5. The number of nitrogens with zero attached hydrogens (tertiary/aromatic N) is 1. The Bertz CT molecular complexity index is 468. The number of halogens is 1. The molecule has 1 amide bonds. The van der Waals surface area contributed by atoms with Crippen molar-refractivity contribution >= 4 is 18.3 Å². The normalized spacial score (nSPS) is 18.1. The van der Waals surface area contributed by atoms with Crippen LogP contribution in [0.15, 0.2) is 18.2 Å². The first-order valence-electron chi connectivity index (χ1n) is 6.40. The molecule has 1 aromatic carbocycles. The number of piperazine rings is 1. The van der Waals surface area contributed by atoms with Crippen LogP contribution in [0.4, 0.5) is 0 Å². The van der Waals surface area contributed by atoms with Gasteiger partial charge in [0.15, 0.2) is 0 Å². The van der Waals surface area contributed by atoms with E-state index in [9.17, 15) is 4.79 Å². The third-order valence-electron chi connectivity index (χ3n) is 3.29. The first kappa shape index (κ1) is 16.6. The van der Waals surface area contributed by atoms with Gasteiger partial charge < -0.3 is 19.7 Å². The van der Waals surface area contributed by atoms with Crippen molar-refractivity contribution in [3.63, 3.8) is 0 Å². The fourth-order valence-corrected chi connectivity index (χ4v) is 2.27. The van der Waals surface area contributed by atoms with Gasteiger partial charge in [-0.25, -0.2) is 0 Å². The molecule has 1 aromatic rings. The number of amides is 1. The van der Waals surface area contributed by atoms with Gasteiger partial charge >= 0.3 is 0 Å². The highest BCUT2D eigenvalue weighted by Crippen LogP contribution is 2.25. The number of rotatable bonds is 3. The summed E-state index contributed by atoms with van der Waals surface area (Å²) in [7, 11) is 3.15. The van der Waals surface area contributed by atoms with Crippen molar-refractivity contribution in [1.29, 1.82) is 0 Å². The van der Waals surface area contributed by atoms with Gasteiger partial charge in [-0.3, -0.25) is 4.79 Å². The minimum Gasteiger partial charge on any atom is -0.497 e. The third-order valence-corrected chi connectivity index (χ3v) is 3.29. The highest BCUT2D eigenvalue weighted by molar-refractivity contribution is 5.97. The minimum atomic E-state index is -0.0101. The fourth-order valence-electron chi connectivity index (χ4n) is 2.27. The van der Waals surface area contributed by atoms with Crippen molar-refractivity contribution in [2.24, 2.45) is 0 Å². The number of benzene rings is 1. The molecule has 1 atom stereocenters. The Balaban J connectivity index is 0.00000200. The van der Waals surface area contributed by atoms with Crippen LogP contribution in [0.25, 0.3) is 0 Å².